The fraction of sp³-hybridized carbons (Fsp3) is 0.444. The molecule has 26 heavy (non-hydrogen) atoms. The molecule has 2 N–H and O–H groups in total. The molecule has 0 atom stereocenters. The Balaban J connectivity index is 1.71. The SMILES string of the molecule is Cc1ccc(-c2noc(CCC(=O)NCCCCCC(=O)O)n2)cc1F. The van der Waals surface area contributed by atoms with Gasteiger partial charge in [0.2, 0.25) is 17.6 Å². The summed E-state index contributed by atoms with van der Waals surface area (Å²) in [5.74, 6) is -0.669. The Morgan fingerprint density at radius 1 is 1.23 bits per heavy atom. The minimum Gasteiger partial charge on any atom is -0.481 e. The van der Waals surface area contributed by atoms with Crippen LogP contribution in [0, 0.1) is 12.7 Å². The lowest BCUT2D eigenvalue weighted by Crippen LogP contribution is -2.24. The van der Waals surface area contributed by atoms with Crippen LogP contribution in [0.1, 0.15) is 43.6 Å². The summed E-state index contributed by atoms with van der Waals surface area (Å²) in [6.45, 7) is 2.18. The normalized spacial score (nSPS) is 10.7. The van der Waals surface area contributed by atoms with Gasteiger partial charge in [-0.05, 0) is 31.4 Å². The summed E-state index contributed by atoms with van der Waals surface area (Å²) >= 11 is 0. The van der Waals surface area contributed by atoms with Gasteiger partial charge in [0, 0.05) is 31.4 Å². The van der Waals surface area contributed by atoms with Gasteiger partial charge < -0.3 is 14.9 Å². The van der Waals surface area contributed by atoms with E-state index in [-0.39, 0.29) is 30.4 Å². The van der Waals surface area contributed by atoms with Crippen LogP contribution in [0.2, 0.25) is 0 Å². The molecule has 1 aromatic carbocycles. The summed E-state index contributed by atoms with van der Waals surface area (Å²) in [6.07, 6.45) is 2.76. The molecule has 1 amide bonds. The molecular weight excluding hydrogens is 341 g/mol. The maximum atomic E-state index is 13.6. The largest absolute Gasteiger partial charge is 0.481 e. The van der Waals surface area contributed by atoms with E-state index in [9.17, 15) is 14.0 Å². The molecule has 0 aliphatic carbocycles. The number of aliphatic carboxylic acids is 1. The number of unbranched alkanes of at least 4 members (excludes halogenated alkanes) is 2. The quantitative estimate of drug-likeness (QED) is 0.629. The second-order valence-electron chi connectivity index (χ2n) is 6.03. The van der Waals surface area contributed by atoms with Gasteiger partial charge in [0.1, 0.15) is 5.82 Å². The van der Waals surface area contributed by atoms with Crippen molar-refractivity contribution in [3.8, 4) is 11.4 Å². The zero-order chi connectivity index (χ0) is 18.9. The van der Waals surface area contributed by atoms with Crippen molar-refractivity contribution >= 4 is 11.9 Å². The molecular formula is C18H22FN3O4. The van der Waals surface area contributed by atoms with Gasteiger partial charge >= 0.3 is 5.97 Å². The highest BCUT2D eigenvalue weighted by atomic mass is 19.1. The number of amides is 1. The Hall–Kier alpha value is -2.77. The molecule has 8 heteroatoms. The van der Waals surface area contributed by atoms with Crippen LogP contribution in [-0.2, 0) is 16.0 Å². The van der Waals surface area contributed by atoms with Gasteiger partial charge in [0.05, 0.1) is 0 Å². The van der Waals surface area contributed by atoms with Crippen LogP contribution in [0.3, 0.4) is 0 Å². The average molecular weight is 363 g/mol. The smallest absolute Gasteiger partial charge is 0.303 e. The lowest BCUT2D eigenvalue weighted by Gasteiger charge is -2.03. The molecule has 0 unspecified atom stereocenters. The molecule has 1 heterocycles. The third-order valence-electron chi connectivity index (χ3n) is 3.85. The van der Waals surface area contributed by atoms with E-state index in [4.69, 9.17) is 9.63 Å². The number of aromatic nitrogens is 2. The van der Waals surface area contributed by atoms with Gasteiger partial charge in [-0.25, -0.2) is 4.39 Å². The fourth-order valence-electron chi connectivity index (χ4n) is 2.32. The van der Waals surface area contributed by atoms with Crippen molar-refractivity contribution in [2.45, 2.75) is 45.4 Å². The molecule has 1 aromatic heterocycles. The Morgan fingerprint density at radius 3 is 2.77 bits per heavy atom. The molecule has 0 radical (unpaired) electrons. The second-order valence-corrected chi connectivity index (χ2v) is 6.03. The summed E-state index contributed by atoms with van der Waals surface area (Å²) in [5.41, 5.74) is 1.06. The van der Waals surface area contributed by atoms with E-state index in [0.29, 0.717) is 36.4 Å². The Bertz CT molecular complexity index is 761. The van der Waals surface area contributed by atoms with Crippen molar-refractivity contribution in [3.05, 3.63) is 35.5 Å². The van der Waals surface area contributed by atoms with Crippen molar-refractivity contribution in [3.63, 3.8) is 0 Å². The first-order valence-electron chi connectivity index (χ1n) is 8.53. The zero-order valence-electron chi connectivity index (χ0n) is 14.6. The van der Waals surface area contributed by atoms with Crippen LogP contribution in [0.25, 0.3) is 11.4 Å². The molecule has 0 aliphatic heterocycles. The van der Waals surface area contributed by atoms with Gasteiger partial charge in [0.15, 0.2) is 0 Å². The zero-order valence-corrected chi connectivity index (χ0v) is 14.6. The van der Waals surface area contributed by atoms with Gasteiger partial charge in [-0.2, -0.15) is 4.98 Å². The first-order chi connectivity index (χ1) is 12.5. The third-order valence-corrected chi connectivity index (χ3v) is 3.85. The predicted molar refractivity (Wildman–Crippen MR) is 91.9 cm³/mol. The molecule has 0 spiro atoms. The maximum absolute atomic E-state index is 13.6. The van der Waals surface area contributed by atoms with Crippen LogP contribution in [0.5, 0.6) is 0 Å². The number of hydrogen-bond donors (Lipinski definition) is 2. The van der Waals surface area contributed by atoms with Gasteiger partial charge in [-0.15, -0.1) is 0 Å². The number of carbonyl (C=O) groups is 2. The minimum absolute atomic E-state index is 0.135. The number of carboxylic acids is 1. The third kappa shape index (κ3) is 6.27. The summed E-state index contributed by atoms with van der Waals surface area (Å²) in [7, 11) is 0. The van der Waals surface area contributed by atoms with Crippen molar-refractivity contribution in [2.24, 2.45) is 0 Å². The van der Waals surface area contributed by atoms with Crippen molar-refractivity contribution in [1.29, 1.82) is 0 Å². The fourth-order valence-corrected chi connectivity index (χ4v) is 2.32. The summed E-state index contributed by atoms with van der Waals surface area (Å²) in [4.78, 5) is 26.3. The number of rotatable bonds is 10. The number of nitrogens with one attached hydrogen (secondary N) is 1. The van der Waals surface area contributed by atoms with Crippen LogP contribution in [0.4, 0.5) is 4.39 Å². The molecule has 2 rings (SSSR count). The highest BCUT2D eigenvalue weighted by molar-refractivity contribution is 5.76. The van der Waals surface area contributed by atoms with E-state index >= 15 is 0 Å². The standard InChI is InChI=1S/C18H22FN3O4/c1-12-6-7-13(11-14(12)19)18-21-16(26-22-18)9-8-15(23)20-10-4-2-3-5-17(24)25/h6-7,11H,2-5,8-10H2,1H3,(H,20,23)(H,24,25). The number of benzene rings is 1. The number of aryl methyl sites for hydroxylation is 2. The van der Waals surface area contributed by atoms with E-state index in [2.05, 4.69) is 15.5 Å². The minimum atomic E-state index is -0.804. The number of carbonyl (C=O) groups excluding carboxylic acids is 1. The van der Waals surface area contributed by atoms with E-state index in [1.54, 1.807) is 19.1 Å². The topological polar surface area (TPSA) is 105 Å². The van der Waals surface area contributed by atoms with Crippen LogP contribution in [-0.4, -0.2) is 33.7 Å². The van der Waals surface area contributed by atoms with Crippen molar-refractivity contribution < 1.29 is 23.6 Å². The first kappa shape index (κ1) is 19.6. The lowest BCUT2D eigenvalue weighted by molar-refractivity contribution is -0.137. The van der Waals surface area contributed by atoms with E-state index in [1.165, 1.54) is 6.07 Å². The van der Waals surface area contributed by atoms with E-state index in [0.717, 1.165) is 12.8 Å². The van der Waals surface area contributed by atoms with Crippen LogP contribution < -0.4 is 5.32 Å². The molecule has 2 aromatic rings. The summed E-state index contributed by atoms with van der Waals surface area (Å²) in [6, 6.07) is 4.70. The van der Waals surface area contributed by atoms with Crippen molar-refractivity contribution in [2.75, 3.05) is 6.54 Å². The highest BCUT2D eigenvalue weighted by Crippen LogP contribution is 2.19. The molecule has 0 saturated heterocycles. The van der Waals surface area contributed by atoms with Crippen LogP contribution in [0.15, 0.2) is 22.7 Å². The average Bonchev–Trinajstić information content (AvgIpc) is 3.07. The molecule has 0 aliphatic rings. The molecule has 7 nitrogen and oxygen atoms in total. The van der Waals surface area contributed by atoms with Gasteiger partial charge in [0.25, 0.3) is 0 Å². The number of halogens is 1. The molecule has 140 valence electrons. The molecule has 0 bridgehead atoms. The van der Waals surface area contributed by atoms with E-state index < -0.39 is 5.97 Å². The van der Waals surface area contributed by atoms with Gasteiger partial charge in [-0.1, -0.05) is 23.7 Å². The Labute approximate surface area is 150 Å². The first-order valence-corrected chi connectivity index (χ1v) is 8.53. The maximum Gasteiger partial charge on any atom is 0.303 e. The Morgan fingerprint density at radius 2 is 2.04 bits per heavy atom. The molecule has 0 saturated carbocycles. The summed E-state index contributed by atoms with van der Waals surface area (Å²) < 4.78 is 18.7. The number of carboxylic acid groups (broad SMARTS) is 1. The second kappa shape index (κ2) is 9.65. The lowest BCUT2D eigenvalue weighted by atomic mass is 10.1. The monoisotopic (exact) mass is 363 g/mol. The highest BCUT2D eigenvalue weighted by Gasteiger charge is 2.12. The molecule has 0 fully saturated rings. The van der Waals surface area contributed by atoms with Gasteiger partial charge in [-0.3, -0.25) is 9.59 Å². The Kier molecular flexibility index (Phi) is 7.25. The number of hydrogen-bond acceptors (Lipinski definition) is 5. The number of nitrogens with zero attached hydrogens (tertiary/aromatic N) is 2. The predicted octanol–water partition coefficient (Wildman–Crippen LogP) is 2.88. The summed E-state index contributed by atoms with van der Waals surface area (Å²) in [5, 5.41) is 15.1. The van der Waals surface area contributed by atoms with Crippen molar-refractivity contribution in [1.82, 2.24) is 15.5 Å². The van der Waals surface area contributed by atoms with Crippen LogP contribution >= 0.6 is 0 Å². The van der Waals surface area contributed by atoms with E-state index in [1.807, 2.05) is 0 Å².